The summed E-state index contributed by atoms with van der Waals surface area (Å²) in [7, 11) is 3.01. The maximum Gasteiger partial charge on any atom is 0.252 e. The van der Waals surface area contributed by atoms with Crippen molar-refractivity contribution in [1.82, 2.24) is 10.3 Å². The topological polar surface area (TPSA) is 63.2 Å². The number of halogens is 1. The van der Waals surface area contributed by atoms with Crippen molar-refractivity contribution in [3.05, 3.63) is 53.5 Å². The van der Waals surface area contributed by atoms with E-state index < -0.39 is 0 Å². The molecule has 0 radical (unpaired) electrons. The van der Waals surface area contributed by atoms with E-state index in [1.54, 1.807) is 25.2 Å². The molecule has 6 heteroatoms. The fraction of sp³-hybridized carbons (Fsp3) is 0.250. The molecule has 2 rings (SSSR count). The predicted molar refractivity (Wildman–Crippen MR) is 82.8 cm³/mol. The van der Waals surface area contributed by atoms with E-state index in [2.05, 4.69) is 15.6 Å². The Hall–Kier alpha value is -2.63. The maximum absolute atomic E-state index is 13.6. The first kappa shape index (κ1) is 15.8. The lowest BCUT2D eigenvalue weighted by molar-refractivity contribution is 0.0963. The fourth-order valence-corrected chi connectivity index (χ4v) is 1.98. The summed E-state index contributed by atoms with van der Waals surface area (Å²) in [5.74, 6) is 0.366. The van der Waals surface area contributed by atoms with E-state index in [9.17, 15) is 9.18 Å². The zero-order valence-electron chi connectivity index (χ0n) is 12.5. The standard InChI is InChI=1S/C16H18FN3O2/c1-18-16(21)12-4-6-15(20-10-12)19-8-7-11-3-5-14(22-2)13(17)9-11/h3-6,9-10H,7-8H2,1-2H3,(H,18,21)(H,19,20). The zero-order valence-corrected chi connectivity index (χ0v) is 12.5. The van der Waals surface area contributed by atoms with Crippen molar-refractivity contribution in [2.45, 2.75) is 6.42 Å². The van der Waals surface area contributed by atoms with Crippen molar-refractivity contribution in [2.75, 3.05) is 26.0 Å². The lowest BCUT2D eigenvalue weighted by Gasteiger charge is -2.08. The number of hydrogen-bond acceptors (Lipinski definition) is 4. The van der Waals surface area contributed by atoms with Crippen molar-refractivity contribution in [3.63, 3.8) is 0 Å². The van der Waals surface area contributed by atoms with Crippen LogP contribution < -0.4 is 15.4 Å². The van der Waals surface area contributed by atoms with Crippen molar-refractivity contribution in [3.8, 4) is 5.75 Å². The van der Waals surface area contributed by atoms with E-state index in [1.807, 2.05) is 6.07 Å². The molecule has 1 heterocycles. The van der Waals surface area contributed by atoms with Crippen LogP contribution in [0.3, 0.4) is 0 Å². The number of benzene rings is 1. The van der Waals surface area contributed by atoms with Gasteiger partial charge in [0.15, 0.2) is 11.6 Å². The molecule has 1 amide bonds. The quantitative estimate of drug-likeness (QED) is 0.859. The lowest BCUT2D eigenvalue weighted by Crippen LogP contribution is -2.18. The average molecular weight is 303 g/mol. The number of anilines is 1. The number of methoxy groups -OCH3 is 1. The normalized spacial score (nSPS) is 10.1. The SMILES string of the molecule is CNC(=O)c1ccc(NCCc2ccc(OC)c(F)c2)nc1. The third kappa shape index (κ3) is 3.94. The molecule has 1 aromatic heterocycles. The highest BCUT2D eigenvalue weighted by Gasteiger charge is 2.05. The number of nitrogens with one attached hydrogen (secondary N) is 2. The maximum atomic E-state index is 13.6. The van der Waals surface area contributed by atoms with Crippen molar-refractivity contribution in [2.24, 2.45) is 0 Å². The molecule has 22 heavy (non-hydrogen) atoms. The first-order valence-corrected chi connectivity index (χ1v) is 6.88. The highest BCUT2D eigenvalue weighted by Crippen LogP contribution is 2.18. The minimum atomic E-state index is -0.368. The Morgan fingerprint density at radius 1 is 1.32 bits per heavy atom. The van der Waals surface area contributed by atoms with Crippen LogP contribution in [0.4, 0.5) is 10.2 Å². The van der Waals surface area contributed by atoms with Crippen LogP contribution in [0.2, 0.25) is 0 Å². The van der Waals surface area contributed by atoms with E-state index in [-0.39, 0.29) is 17.5 Å². The van der Waals surface area contributed by atoms with Crippen molar-refractivity contribution >= 4 is 11.7 Å². The summed E-state index contributed by atoms with van der Waals surface area (Å²) < 4.78 is 18.4. The molecule has 0 aliphatic carbocycles. The number of carbonyl (C=O) groups is 1. The van der Waals surface area contributed by atoms with E-state index in [0.29, 0.717) is 24.3 Å². The van der Waals surface area contributed by atoms with Gasteiger partial charge in [-0.15, -0.1) is 0 Å². The van der Waals surface area contributed by atoms with Gasteiger partial charge in [0.05, 0.1) is 12.7 Å². The molecular formula is C16H18FN3O2. The number of hydrogen-bond donors (Lipinski definition) is 2. The summed E-state index contributed by atoms with van der Waals surface area (Å²) in [6, 6.07) is 8.33. The average Bonchev–Trinajstić information content (AvgIpc) is 2.55. The molecule has 0 aliphatic heterocycles. The largest absolute Gasteiger partial charge is 0.494 e. The Labute approximate surface area is 128 Å². The molecule has 0 saturated heterocycles. The molecule has 116 valence electrons. The van der Waals surface area contributed by atoms with Crippen LogP contribution in [0, 0.1) is 5.82 Å². The van der Waals surface area contributed by atoms with Gasteiger partial charge < -0.3 is 15.4 Å². The Bertz CT molecular complexity index is 644. The Kier molecular flexibility index (Phi) is 5.30. The molecule has 0 unspecified atom stereocenters. The summed E-state index contributed by atoms with van der Waals surface area (Å²) in [6.45, 7) is 0.609. The Morgan fingerprint density at radius 2 is 2.14 bits per heavy atom. The first-order valence-electron chi connectivity index (χ1n) is 6.88. The van der Waals surface area contributed by atoms with Gasteiger partial charge in [-0.25, -0.2) is 9.37 Å². The van der Waals surface area contributed by atoms with Crippen LogP contribution >= 0.6 is 0 Å². The number of carbonyl (C=O) groups excluding carboxylic acids is 1. The minimum absolute atomic E-state index is 0.173. The lowest BCUT2D eigenvalue weighted by atomic mass is 10.1. The zero-order chi connectivity index (χ0) is 15.9. The van der Waals surface area contributed by atoms with E-state index in [4.69, 9.17) is 4.74 Å². The number of nitrogens with zero attached hydrogens (tertiary/aromatic N) is 1. The third-order valence-corrected chi connectivity index (χ3v) is 3.19. The van der Waals surface area contributed by atoms with Gasteiger partial charge in [0, 0.05) is 19.8 Å². The molecule has 2 aromatic rings. The van der Waals surface area contributed by atoms with Gasteiger partial charge in [0.2, 0.25) is 0 Å². The summed E-state index contributed by atoms with van der Waals surface area (Å²) in [6.07, 6.45) is 2.16. The van der Waals surface area contributed by atoms with Gasteiger partial charge in [-0.05, 0) is 36.2 Å². The fourth-order valence-electron chi connectivity index (χ4n) is 1.98. The Morgan fingerprint density at radius 3 is 2.73 bits per heavy atom. The van der Waals surface area contributed by atoms with Crippen LogP contribution in [-0.2, 0) is 6.42 Å². The van der Waals surface area contributed by atoms with E-state index >= 15 is 0 Å². The summed E-state index contributed by atoms with van der Waals surface area (Å²) in [5.41, 5.74) is 1.37. The highest BCUT2D eigenvalue weighted by atomic mass is 19.1. The second kappa shape index (κ2) is 7.40. The van der Waals surface area contributed by atoms with E-state index in [0.717, 1.165) is 5.56 Å². The first-order chi connectivity index (χ1) is 10.6. The van der Waals surface area contributed by atoms with Crippen LogP contribution in [0.15, 0.2) is 36.5 Å². The number of pyridine rings is 1. The molecule has 0 spiro atoms. The summed E-state index contributed by atoms with van der Waals surface area (Å²) in [5, 5.41) is 5.66. The molecule has 5 nitrogen and oxygen atoms in total. The van der Waals surface area contributed by atoms with Crippen LogP contribution in [-0.4, -0.2) is 31.6 Å². The Balaban J connectivity index is 1.88. The molecule has 2 N–H and O–H groups in total. The van der Waals surface area contributed by atoms with Gasteiger partial charge in [-0.3, -0.25) is 4.79 Å². The van der Waals surface area contributed by atoms with Crippen LogP contribution in [0.25, 0.3) is 0 Å². The molecule has 0 saturated carbocycles. The van der Waals surface area contributed by atoms with Crippen molar-refractivity contribution < 1.29 is 13.9 Å². The van der Waals surface area contributed by atoms with Crippen LogP contribution in [0.1, 0.15) is 15.9 Å². The minimum Gasteiger partial charge on any atom is -0.494 e. The second-order valence-electron chi connectivity index (χ2n) is 4.66. The van der Waals surface area contributed by atoms with E-state index in [1.165, 1.54) is 19.4 Å². The molecule has 0 bridgehead atoms. The van der Waals surface area contributed by atoms with Crippen molar-refractivity contribution in [1.29, 1.82) is 0 Å². The van der Waals surface area contributed by atoms with Gasteiger partial charge in [-0.2, -0.15) is 0 Å². The number of amides is 1. The number of rotatable bonds is 6. The molecule has 0 fully saturated rings. The number of aromatic nitrogens is 1. The van der Waals surface area contributed by atoms with Gasteiger partial charge >= 0.3 is 0 Å². The number of ether oxygens (including phenoxy) is 1. The third-order valence-electron chi connectivity index (χ3n) is 3.19. The molecular weight excluding hydrogens is 285 g/mol. The van der Waals surface area contributed by atoms with Gasteiger partial charge in [0.1, 0.15) is 5.82 Å². The van der Waals surface area contributed by atoms with Gasteiger partial charge in [-0.1, -0.05) is 6.07 Å². The smallest absolute Gasteiger partial charge is 0.252 e. The molecule has 0 atom stereocenters. The summed E-state index contributed by atoms with van der Waals surface area (Å²) in [4.78, 5) is 15.5. The summed E-state index contributed by atoms with van der Waals surface area (Å²) >= 11 is 0. The molecule has 1 aromatic carbocycles. The molecule has 0 aliphatic rings. The van der Waals surface area contributed by atoms with Gasteiger partial charge in [0.25, 0.3) is 5.91 Å². The predicted octanol–water partition coefficient (Wildman–Crippen LogP) is 2.24. The monoisotopic (exact) mass is 303 g/mol. The highest BCUT2D eigenvalue weighted by molar-refractivity contribution is 5.93. The second-order valence-corrected chi connectivity index (χ2v) is 4.66. The van der Waals surface area contributed by atoms with Crippen LogP contribution in [0.5, 0.6) is 5.75 Å².